The maximum Gasteiger partial charge on any atom is 0.234 e. The summed E-state index contributed by atoms with van der Waals surface area (Å²) in [6, 6.07) is 17.4. The van der Waals surface area contributed by atoms with E-state index in [-0.39, 0.29) is 17.5 Å². The number of carbonyl (C=O) groups excluding carboxylic acids is 1. The third-order valence-electron chi connectivity index (χ3n) is 3.54. The highest BCUT2D eigenvalue weighted by Crippen LogP contribution is 2.22. The molecular weight excluding hydrogens is 337 g/mol. The number of hydrogen-bond donors (Lipinski definition) is 1. The number of hydrogen-bond acceptors (Lipinski definition) is 4. The Morgan fingerprint density at radius 2 is 1.80 bits per heavy atom. The number of amides is 1. The van der Waals surface area contributed by atoms with Crippen molar-refractivity contribution in [3.05, 3.63) is 72.0 Å². The van der Waals surface area contributed by atoms with E-state index in [1.807, 2.05) is 43.3 Å². The third-order valence-corrected chi connectivity index (χ3v) is 4.46. The molecule has 0 aliphatic rings. The van der Waals surface area contributed by atoms with Crippen LogP contribution in [-0.4, -0.2) is 21.9 Å². The number of nitrogens with zero attached hydrogens (tertiary/aromatic N) is 2. The van der Waals surface area contributed by atoms with Crippen molar-refractivity contribution >= 4 is 23.4 Å². The maximum atomic E-state index is 12.8. The minimum atomic E-state index is -0.337. The van der Waals surface area contributed by atoms with Gasteiger partial charge < -0.3 is 5.32 Å². The van der Waals surface area contributed by atoms with Crippen molar-refractivity contribution in [3.8, 4) is 11.3 Å². The Labute approximate surface area is 149 Å². The van der Waals surface area contributed by atoms with Crippen LogP contribution in [0.15, 0.2) is 65.7 Å². The van der Waals surface area contributed by atoms with E-state index in [2.05, 4.69) is 15.5 Å². The van der Waals surface area contributed by atoms with E-state index in [0.29, 0.717) is 10.7 Å². The lowest BCUT2D eigenvalue weighted by Crippen LogP contribution is -2.14. The smallest absolute Gasteiger partial charge is 0.234 e. The fraction of sp³-hybridized carbons (Fsp3) is 0.105. The molecule has 4 nitrogen and oxygen atoms in total. The van der Waals surface area contributed by atoms with Crippen LogP contribution in [0.5, 0.6) is 0 Å². The van der Waals surface area contributed by atoms with Crippen LogP contribution in [0, 0.1) is 12.7 Å². The molecule has 1 N–H and O–H groups in total. The molecule has 0 bridgehead atoms. The molecule has 0 saturated carbocycles. The van der Waals surface area contributed by atoms with Gasteiger partial charge in [0.05, 0.1) is 11.4 Å². The highest BCUT2D eigenvalue weighted by atomic mass is 32.2. The number of halogens is 1. The zero-order valence-corrected chi connectivity index (χ0v) is 14.4. The second kappa shape index (κ2) is 7.90. The topological polar surface area (TPSA) is 54.9 Å². The van der Waals surface area contributed by atoms with Crippen molar-refractivity contribution in [2.24, 2.45) is 0 Å². The van der Waals surface area contributed by atoms with Crippen molar-refractivity contribution in [2.75, 3.05) is 11.1 Å². The molecule has 1 amide bonds. The average Bonchev–Trinajstić information content (AvgIpc) is 2.63. The summed E-state index contributed by atoms with van der Waals surface area (Å²) in [6.45, 7) is 2.03. The molecule has 0 unspecified atom stereocenters. The van der Waals surface area contributed by atoms with Crippen molar-refractivity contribution in [2.45, 2.75) is 11.9 Å². The number of carbonyl (C=O) groups is 1. The largest absolute Gasteiger partial charge is 0.325 e. The first-order valence-electron chi connectivity index (χ1n) is 7.70. The Morgan fingerprint density at radius 3 is 2.48 bits per heavy atom. The number of rotatable bonds is 5. The van der Waals surface area contributed by atoms with Gasteiger partial charge in [-0.2, -0.15) is 0 Å². The number of benzene rings is 2. The van der Waals surface area contributed by atoms with Crippen molar-refractivity contribution in [3.63, 3.8) is 0 Å². The maximum absolute atomic E-state index is 12.8. The van der Waals surface area contributed by atoms with Crippen LogP contribution in [0.3, 0.4) is 0 Å². The Kier molecular flexibility index (Phi) is 5.40. The number of aryl methyl sites for hydroxylation is 1. The first-order chi connectivity index (χ1) is 12.1. The van der Waals surface area contributed by atoms with Crippen LogP contribution in [-0.2, 0) is 4.79 Å². The highest BCUT2D eigenvalue weighted by Gasteiger charge is 2.07. The van der Waals surface area contributed by atoms with Crippen LogP contribution in [0.25, 0.3) is 11.3 Å². The minimum Gasteiger partial charge on any atom is -0.325 e. The van der Waals surface area contributed by atoms with Gasteiger partial charge >= 0.3 is 0 Å². The molecule has 1 heterocycles. The van der Waals surface area contributed by atoms with Gasteiger partial charge in [0.25, 0.3) is 0 Å². The molecule has 0 fully saturated rings. The summed E-state index contributed by atoms with van der Waals surface area (Å²) in [5, 5.41) is 11.8. The van der Waals surface area contributed by atoms with Gasteiger partial charge in [-0.15, -0.1) is 10.2 Å². The van der Waals surface area contributed by atoms with Crippen LogP contribution in [0.1, 0.15) is 5.56 Å². The number of thioether (sulfide) groups is 1. The molecule has 6 heteroatoms. The molecule has 0 saturated heterocycles. The van der Waals surface area contributed by atoms with E-state index in [9.17, 15) is 9.18 Å². The van der Waals surface area contributed by atoms with Crippen LogP contribution >= 0.6 is 11.8 Å². The number of anilines is 1. The van der Waals surface area contributed by atoms with Crippen molar-refractivity contribution < 1.29 is 9.18 Å². The fourth-order valence-electron chi connectivity index (χ4n) is 2.27. The van der Waals surface area contributed by atoms with Gasteiger partial charge in [0, 0.05) is 11.3 Å². The summed E-state index contributed by atoms with van der Waals surface area (Å²) in [4.78, 5) is 11.9. The van der Waals surface area contributed by atoms with Crippen LogP contribution < -0.4 is 5.32 Å². The van der Waals surface area contributed by atoms with E-state index in [1.165, 1.54) is 36.0 Å². The monoisotopic (exact) mass is 353 g/mol. The summed E-state index contributed by atoms with van der Waals surface area (Å²) >= 11 is 1.30. The quantitative estimate of drug-likeness (QED) is 0.694. The molecule has 126 valence electrons. The molecule has 0 aliphatic carbocycles. The van der Waals surface area contributed by atoms with Crippen LogP contribution in [0.4, 0.5) is 10.1 Å². The second-order valence-corrected chi connectivity index (χ2v) is 6.41. The highest BCUT2D eigenvalue weighted by molar-refractivity contribution is 7.99. The van der Waals surface area contributed by atoms with Gasteiger partial charge in [0.1, 0.15) is 10.8 Å². The fourth-order valence-corrected chi connectivity index (χ4v) is 2.88. The molecule has 3 rings (SSSR count). The molecular formula is C19H16FN3OS. The zero-order chi connectivity index (χ0) is 17.6. The molecule has 1 aromatic heterocycles. The number of nitrogens with one attached hydrogen (secondary N) is 1. The van der Waals surface area contributed by atoms with Gasteiger partial charge in [-0.05, 0) is 48.9 Å². The molecule has 0 aliphatic heterocycles. The van der Waals surface area contributed by atoms with Gasteiger partial charge in [0.2, 0.25) is 5.91 Å². The third kappa shape index (κ3) is 4.64. The summed E-state index contributed by atoms with van der Waals surface area (Å²) in [7, 11) is 0. The Hall–Kier alpha value is -2.73. The van der Waals surface area contributed by atoms with E-state index >= 15 is 0 Å². The summed E-state index contributed by atoms with van der Waals surface area (Å²) in [5.41, 5.74) is 3.54. The standard InChI is InChI=1S/C19H16FN3OS/c1-13-4-2-3-5-16(13)17-10-11-19(23-22-17)25-12-18(24)21-15-8-6-14(20)7-9-15/h2-11H,12H2,1H3,(H,21,24). The van der Waals surface area contributed by atoms with Gasteiger partial charge in [-0.1, -0.05) is 36.0 Å². The Balaban J connectivity index is 1.57. The Morgan fingerprint density at radius 1 is 1.04 bits per heavy atom. The molecule has 2 aromatic carbocycles. The van der Waals surface area contributed by atoms with Gasteiger partial charge in [-0.25, -0.2) is 4.39 Å². The summed E-state index contributed by atoms with van der Waals surface area (Å²) < 4.78 is 12.8. The van der Waals surface area contributed by atoms with Crippen molar-refractivity contribution in [1.82, 2.24) is 10.2 Å². The van der Waals surface area contributed by atoms with E-state index in [4.69, 9.17) is 0 Å². The molecule has 0 atom stereocenters. The lowest BCUT2D eigenvalue weighted by atomic mass is 10.1. The van der Waals surface area contributed by atoms with E-state index < -0.39 is 0 Å². The first kappa shape index (κ1) is 17.1. The predicted molar refractivity (Wildman–Crippen MR) is 98.0 cm³/mol. The van der Waals surface area contributed by atoms with E-state index in [1.54, 1.807) is 0 Å². The minimum absolute atomic E-state index is 0.179. The SMILES string of the molecule is Cc1ccccc1-c1ccc(SCC(=O)Nc2ccc(F)cc2)nn1. The van der Waals surface area contributed by atoms with Gasteiger partial charge in [-0.3, -0.25) is 4.79 Å². The Bertz CT molecular complexity index is 867. The van der Waals surface area contributed by atoms with Gasteiger partial charge in [0.15, 0.2) is 0 Å². The summed E-state index contributed by atoms with van der Waals surface area (Å²) in [6.07, 6.45) is 0. The molecule has 3 aromatic rings. The average molecular weight is 353 g/mol. The lowest BCUT2D eigenvalue weighted by Gasteiger charge is -2.06. The van der Waals surface area contributed by atoms with Crippen LogP contribution in [0.2, 0.25) is 0 Å². The zero-order valence-electron chi connectivity index (χ0n) is 13.6. The molecule has 0 spiro atoms. The normalized spacial score (nSPS) is 10.5. The summed E-state index contributed by atoms with van der Waals surface area (Å²) in [5.74, 6) is -0.312. The van der Waals surface area contributed by atoms with E-state index in [0.717, 1.165) is 16.8 Å². The first-order valence-corrected chi connectivity index (χ1v) is 8.68. The second-order valence-electron chi connectivity index (χ2n) is 5.42. The molecule has 25 heavy (non-hydrogen) atoms. The van der Waals surface area contributed by atoms with Crippen molar-refractivity contribution in [1.29, 1.82) is 0 Å². The lowest BCUT2D eigenvalue weighted by molar-refractivity contribution is -0.113. The molecule has 0 radical (unpaired) electrons. The number of aromatic nitrogens is 2. The predicted octanol–water partition coefficient (Wildman–Crippen LogP) is 4.32.